The first-order valence-corrected chi connectivity index (χ1v) is 14.1. The fraction of sp³-hybridized carbons (Fsp3) is 0.600. The molecule has 0 aliphatic rings. The van der Waals surface area contributed by atoms with Crippen molar-refractivity contribution in [1.82, 2.24) is 26.3 Å². The Hall–Kier alpha value is -2.10. The van der Waals surface area contributed by atoms with Gasteiger partial charge in [0.25, 0.3) is 0 Å². The summed E-state index contributed by atoms with van der Waals surface area (Å²) >= 11 is 0. The molecule has 0 fully saturated rings. The van der Waals surface area contributed by atoms with Crippen LogP contribution in [-0.2, 0) is 58.3 Å². The summed E-state index contributed by atoms with van der Waals surface area (Å²) in [6.07, 6.45) is 7.29. The molecule has 5 N–H and O–H groups in total. The summed E-state index contributed by atoms with van der Waals surface area (Å²) in [5.41, 5.74) is 2.14. The molecular weight excluding hydrogens is 583 g/mol. The van der Waals surface area contributed by atoms with Crippen LogP contribution in [0.25, 0.3) is 10.9 Å². The predicted octanol–water partition coefficient (Wildman–Crippen LogP) is 3.29. The van der Waals surface area contributed by atoms with Crippen LogP contribution in [0.5, 0.6) is 0 Å². The van der Waals surface area contributed by atoms with Gasteiger partial charge in [0.05, 0.1) is 0 Å². The van der Waals surface area contributed by atoms with Crippen molar-refractivity contribution in [3.8, 4) is 0 Å². The van der Waals surface area contributed by atoms with Crippen molar-refractivity contribution in [2.75, 3.05) is 7.05 Å². The number of hydrogen-bond acceptors (Lipinski definition) is 5. The molecule has 0 bridgehead atoms. The summed E-state index contributed by atoms with van der Waals surface area (Å²) < 4.78 is 0. The Labute approximate surface area is 264 Å². The van der Waals surface area contributed by atoms with Crippen molar-refractivity contribution in [3.05, 3.63) is 36.0 Å². The number of aromatic amines is 1. The van der Waals surface area contributed by atoms with Crippen LogP contribution in [-0.4, -0.2) is 60.2 Å². The number of para-hydroxylation sites is 1. The third-order valence-corrected chi connectivity index (χ3v) is 7.19. The zero-order chi connectivity index (χ0) is 28.8. The Kier molecular flexibility index (Phi) is 17.2. The number of benzene rings is 1. The SMILES string of the molecule is CN[C@@H](C)CCC(=O)N[C@H](CCC(=O)N[C@@H](C)CCC(=O)N[C@H](C[C-]=O)C(C)C)Cc1c[nH]c2ccccc12.[Y]. The molecule has 1 heterocycles. The Morgan fingerprint density at radius 2 is 1.45 bits per heavy atom. The number of fused-ring (bicyclic) bond motifs is 1. The number of H-pyrrole nitrogens is 1. The van der Waals surface area contributed by atoms with Gasteiger partial charge in [-0.3, -0.25) is 20.7 Å². The van der Waals surface area contributed by atoms with Gasteiger partial charge < -0.3 is 31.0 Å². The van der Waals surface area contributed by atoms with Gasteiger partial charge >= 0.3 is 0 Å². The monoisotopic (exact) mass is 629 g/mol. The van der Waals surface area contributed by atoms with Crippen LogP contribution in [0.3, 0.4) is 0 Å². The Morgan fingerprint density at radius 1 is 0.850 bits per heavy atom. The summed E-state index contributed by atoms with van der Waals surface area (Å²) in [5.74, 6) is -0.134. The number of carbonyl (C=O) groups is 3. The van der Waals surface area contributed by atoms with Gasteiger partial charge in [-0.05, 0) is 64.1 Å². The summed E-state index contributed by atoms with van der Waals surface area (Å²) in [6, 6.07) is 7.70. The number of rotatable bonds is 18. The quantitative estimate of drug-likeness (QED) is 0.162. The molecule has 0 spiro atoms. The predicted molar refractivity (Wildman–Crippen MR) is 155 cm³/mol. The van der Waals surface area contributed by atoms with Crippen molar-refractivity contribution in [2.45, 2.75) is 103 Å². The summed E-state index contributed by atoms with van der Waals surface area (Å²) in [4.78, 5) is 51.7. The van der Waals surface area contributed by atoms with Crippen LogP contribution in [0, 0.1) is 5.92 Å². The maximum atomic E-state index is 12.7. The molecule has 0 saturated heterocycles. The van der Waals surface area contributed by atoms with Crippen molar-refractivity contribution < 1.29 is 51.9 Å². The first kappa shape index (κ1) is 35.9. The van der Waals surface area contributed by atoms with E-state index in [9.17, 15) is 19.2 Å². The molecule has 219 valence electrons. The van der Waals surface area contributed by atoms with Gasteiger partial charge in [-0.25, -0.2) is 0 Å². The molecule has 1 aromatic carbocycles. The minimum atomic E-state index is -0.231. The van der Waals surface area contributed by atoms with Gasteiger partial charge in [0.2, 0.25) is 17.7 Å². The van der Waals surface area contributed by atoms with Gasteiger partial charge in [0.1, 0.15) is 0 Å². The van der Waals surface area contributed by atoms with Gasteiger partial charge in [0, 0.05) is 93.2 Å². The third-order valence-electron chi connectivity index (χ3n) is 7.19. The molecule has 1 radical (unpaired) electrons. The fourth-order valence-corrected chi connectivity index (χ4v) is 4.48. The first-order valence-electron chi connectivity index (χ1n) is 14.1. The number of hydrogen-bond donors (Lipinski definition) is 5. The van der Waals surface area contributed by atoms with Crippen LogP contribution < -0.4 is 21.3 Å². The van der Waals surface area contributed by atoms with E-state index in [0.29, 0.717) is 25.7 Å². The van der Waals surface area contributed by atoms with E-state index >= 15 is 0 Å². The number of amides is 3. The molecule has 0 aliphatic heterocycles. The maximum Gasteiger partial charge on any atom is 0.220 e. The van der Waals surface area contributed by atoms with E-state index in [1.165, 1.54) is 0 Å². The minimum Gasteiger partial charge on any atom is -0.542 e. The topological polar surface area (TPSA) is 132 Å². The maximum absolute atomic E-state index is 12.7. The zero-order valence-electron chi connectivity index (χ0n) is 24.6. The zero-order valence-corrected chi connectivity index (χ0v) is 27.5. The molecule has 0 aliphatic carbocycles. The molecule has 0 unspecified atom stereocenters. The number of carbonyl (C=O) groups excluding carboxylic acids is 4. The molecular formula is C30H46N5O4Y-. The second-order valence-corrected chi connectivity index (χ2v) is 10.9. The Bertz CT molecular complexity index is 1070. The third kappa shape index (κ3) is 13.0. The van der Waals surface area contributed by atoms with Gasteiger partial charge in [-0.1, -0.05) is 32.0 Å². The van der Waals surface area contributed by atoms with E-state index in [1.807, 2.05) is 65.4 Å². The molecule has 0 saturated carbocycles. The largest absolute Gasteiger partial charge is 0.542 e. The molecule has 10 heteroatoms. The van der Waals surface area contributed by atoms with E-state index in [2.05, 4.69) is 32.3 Å². The molecule has 2 rings (SSSR count). The normalized spacial score (nSPS) is 14.1. The minimum absolute atomic E-state index is 0. The second kappa shape index (κ2) is 19.1. The van der Waals surface area contributed by atoms with Crippen molar-refractivity contribution in [1.29, 1.82) is 0 Å². The molecule has 1 aromatic heterocycles. The van der Waals surface area contributed by atoms with Crippen LogP contribution in [0.4, 0.5) is 0 Å². The van der Waals surface area contributed by atoms with Gasteiger partial charge in [-0.2, -0.15) is 0 Å². The second-order valence-electron chi connectivity index (χ2n) is 10.9. The summed E-state index contributed by atoms with van der Waals surface area (Å²) in [6.45, 7) is 7.81. The van der Waals surface area contributed by atoms with Crippen molar-refractivity contribution >= 4 is 34.9 Å². The van der Waals surface area contributed by atoms with Crippen LogP contribution >= 0.6 is 0 Å². The van der Waals surface area contributed by atoms with E-state index in [-0.39, 0.29) is 99.8 Å². The van der Waals surface area contributed by atoms with Crippen LogP contribution in [0.15, 0.2) is 30.5 Å². The van der Waals surface area contributed by atoms with E-state index in [1.54, 1.807) is 0 Å². The molecule has 40 heavy (non-hydrogen) atoms. The molecule has 3 amide bonds. The van der Waals surface area contributed by atoms with Gasteiger partial charge in [-0.15, -0.1) is 6.42 Å². The standard InChI is InChI=1S/C30H46N5O4.Y/c1-20(2)26(16-17-36)35-30(39)14-11-22(4)33-28(37)15-12-24(34-29(38)13-10-21(3)31-5)18-23-19-32-27-9-7-6-8-25(23)27;/h6-9,19-22,24,26,31-32H,10-16,18H2,1-5H3,(H,33,37)(H,34,38)(H,35,39);/q-1;/t21-,22-,24+,26+;/m0./s1. The van der Waals surface area contributed by atoms with Crippen LogP contribution in [0.2, 0.25) is 0 Å². The number of nitrogens with one attached hydrogen (secondary N) is 5. The first-order chi connectivity index (χ1) is 18.6. The Balaban J connectivity index is 0.00000800. The van der Waals surface area contributed by atoms with E-state index < -0.39 is 0 Å². The van der Waals surface area contributed by atoms with Crippen molar-refractivity contribution in [2.24, 2.45) is 5.92 Å². The average molecular weight is 630 g/mol. The summed E-state index contributed by atoms with van der Waals surface area (Å²) in [5, 5.41) is 13.3. The van der Waals surface area contributed by atoms with E-state index in [0.717, 1.165) is 22.9 Å². The molecule has 9 nitrogen and oxygen atoms in total. The average Bonchev–Trinajstić information content (AvgIpc) is 3.31. The number of aromatic nitrogens is 1. The van der Waals surface area contributed by atoms with Crippen molar-refractivity contribution in [3.63, 3.8) is 0 Å². The van der Waals surface area contributed by atoms with E-state index in [4.69, 9.17) is 0 Å². The molecule has 2 aromatic rings. The van der Waals surface area contributed by atoms with Gasteiger partial charge in [0.15, 0.2) is 0 Å². The molecule has 4 atom stereocenters. The summed E-state index contributed by atoms with van der Waals surface area (Å²) in [7, 11) is 1.88. The smallest absolute Gasteiger partial charge is 0.220 e. The fourth-order valence-electron chi connectivity index (χ4n) is 4.48. The Morgan fingerprint density at radius 3 is 2.10 bits per heavy atom. The van der Waals surface area contributed by atoms with Crippen LogP contribution in [0.1, 0.15) is 78.2 Å².